The number of hydrogen-bond acceptors (Lipinski definition) is 6. The van der Waals surface area contributed by atoms with E-state index >= 15 is 0 Å². The average molecular weight is 576 g/mol. The number of aryl methyl sites for hydroxylation is 1. The molecule has 0 aliphatic rings. The van der Waals surface area contributed by atoms with E-state index in [0.717, 1.165) is 16.0 Å². The molecular weight excluding hydrogens is 542 g/mol. The van der Waals surface area contributed by atoms with Gasteiger partial charge in [0.1, 0.15) is 6.04 Å². The monoisotopic (exact) mass is 575 g/mol. The zero-order chi connectivity index (χ0) is 30.8. The number of ether oxygens (including phenoxy) is 1. The number of carboxylic acids is 1. The third kappa shape index (κ3) is 8.01. The molecule has 43 heavy (non-hydrogen) atoms. The average Bonchev–Trinajstić information content (AvgIpc) is 3.01. The number of rotatable bonds is 12. The van der Waals surface area contributed by atoms with Gasteiger partial charge in [-0.25, -0.2) is 4.79 Å². The summed E-state index contributed by atoms with van der Waals surface area (Å²) in [7, 11) is 0. The zero-order valence-corrected chi connectivity index (χ0v) is 23.8. The number of nitriles is 1. The minimum Gasteiger partial charge on any atom is -0.478 e. The molecule has 0 bridgehead atoms. The molecule has 0 aromatic heterocycles. The predicted molar refractivity (Wildman–Crippen MR) is 162 cm³/mol. The van der Waals surface area contributed by atoms with E-state index in [0.29, 0.717) is 16.7 Å². The van der Waals surface area contributed by atoms with Gasteiger partial charge in [0, 0.05) is 0 Å². The first-order valence-corrected chi connectivity index (χ1v) is 13.9. The molecule has 1 unspecified atom stereocenters. The lowest BCUT2D eigenvalue weighted by Gasteiger charge is -2.31. The highest BCUT2D eigenvalue weighted by molar-refractivity contribution is 6.02. The number of benzene rings is 4. The molecule has 3 N–H and O–H groups in total. The van der Waals surface area contributed by atoms with Gasteiger partial charge in [-0.15, -0.1) is 0 Å². The molecule has 218 valence electrons. The Hall–Kier alpha value is -5.10. The molecule has 2 atom stereocenters. The van der Waals surface area contributed by atoms with Crippen molar-refractivity contribution in [3.63, 3.8) is 0 Å². The summed E-state index contributed by atoms with van der Waals surface area (Å²) in [6, 6.07) is 31.6. The summed E-state index contributed by atoms with van der Waals surface area (Å²) in [6.07, 6.45) is 0.173. The fraction of sp³-hybridized carbons (Fsp3) is 0.200. The van der Waals surface area contributed by atoms with Crippen LogP contribution in [0.4, 0.5) is 0 Å². The SMILES string of the molecule is Cc1cccc(C[C@H](N)C(=O)N(C(=O)C(c2ccccc2)c2ccccc2)C(C#N)COCc2cccc(C(=O)O)c2)c1. The third-order valence-electron chi connectivity index (χ3n) is 7.02. The summed E-state index contributed by atoms with van der Waals surface area (Å²) in [5.41, 5.74) is 10.3. The molecule has 8 nitrogen and oxygen atoms in total. The molecule has 0 aliphatic heterocycles. The summed E-state index contributed by atoms with van der Waals surface area (Å²) in [4.78, 5) is 40.7. The van der Waals surface area contributed by atoms with Gasteiger partial charge in [0.05, 0.1) is 36.8 Å². The Morgan fingerprint density at radius 2 is 1.44 bits per heavy atom. The maximum absolute atomic E-state index is 14.4. The maximum atomic E-state index is 14.4. The predicted octanol–water partition coefficient (Wildman–Crippen LogP) is 4.86. The molecule has 0 fully saturated rings. The second-order valence-corrected chi connectivity index (χ2v) is 10.3. The van der Waals surface area contributed by atoms with Crippen LogP contribution in [0.3, 0.4) is 0 Å². The number of nitrogens with two attached hydrogens (primary N) is 1. The molecule has 0 heterocycles. The lowest BCUT2D eigenvalue weighted by Crippen LogP contribution is -2.54. The van der Waals surface area contributed by atoms with Gasteiger partial charge in [-0.1, -0.05) is 103 Å². The normalized spacial score (nSPS) is 12.2. The molecule has 0 radical (unpaired) electrons. The minimum absolute atomic E-state index is 0.0222. The van der Waals surface area contributed by atoms with Gasteiger partial charge in [-0.3, -0.25) is 14.5 Å². The van der Waals surface area contributed by atoms with E-state index in [9.17, 15) is 24.8 Å². The smallest absolute Gasteiger partial charge is 0.335 e. The fourth-order valence-corrected chi connectivity index (χ4v) is 4.93. The number of imide groups is 1. The topological polar surface area (TPSA) is 134 Å². The van der Waals surface area contributed by atoms with Gasteiger partial charge in [0.2, 0.25) is 11.8 Å². The fourth-order valence-electron chi connectivity index (χ4n) is 4.93. The van der Waals surface area contributed by atoms with Crippen LogP contribution >= 0.6 is 0 Å². The number of amides is 2. The van der Waals surface area contributed by atoms with Gasteiger partial charge >= 0.3 is 5.97 Å². The van der Waals surface area contributed by atoms with E-state index in [4.69, 9.17) is 10.5 Å². The lowest BCUT2D eigenvalue weighted by molar-refractivity contribution is -0.149. The number of aromatic carboxylic acids is 1. The van der Waals surface area contributed by atoms with Crippen LogP contribution in [0.5, 0.6) is 0 Å². The second-order valence-electron chi connectivity index (χ2n) is 10.3. The molecule has 4 aromatic carbocycles. The van der Waals surface area contributed by atoms with Crippen LogP contribution < -0.4 is 5.73 Å². The van der Waals surface area contributed by atoms with Crippen LogP contribution in [0.25, 0.3) is 0 Å². The van der Waals surface area contributed by atoms with Gasteiger partial charge < -0.3 is 15.6 Å². The Balaban J connectivity index is 1.66. The van der Waals surface area contributed by atoms with Crippen molar-refractivity contribution in [2.75, 3.05) is 6.61 Å². The van der Waals surface area contributed by atoms with E-state index in [1.54, 1.807) is 36.4 Å². The van der Waals surface area contributed by atoms with E-state index in [1.165, 1.54) is 12.1 Å². The summed E-state index contributed by atoms with van der Waals surface area (Å²) in [5, 5.41) is 19.5. The summed E-state index contributed by atoms with van der Waals surface area (Å²) < 4.78 is 5.79. The highest BCUT2D eigenvalue weighted by Crippen LogP contribution is 2.28. The largest absolute Gasteiger partial charge is 0.478 e. The van der Waals surface area contributed by atoms with E-state index in [-0.39, 0.29) is 25.2 Å². The number of carbonyl (C=O) groups is 3. The van der Waals surface area contributed by atoms with Gasteiger partial charge in [-0.05, 0) is 47.7 Å². The first-order chi connectivity index (χ1) is 20.8. The zero-order valence-electron chi connectivity index (χ0n) is 23.8. The number of nitrogens with zero attached hydrogens (tertiary/aromatic N) is 2. The number of carbonyl (C=O) groups excluding carboxylic acids is 2. The Morgan fingerprint density at radius 1 is 0.837 bits per heavy atom. The quantitative estimate of drug-likeness (QED) is 0.246. The van der Waals surface area contributed by atoms with E-state index in [1.807, 2.05) is 67.6 Å². The van der Waals surface area contributed by atoms with E-state index in [2.05, 4.69) is 6.07 Å². The lowest BCUT2D eigenvalue weighted by atomic mass is 9.89. The van der Waals surface area contributed by atoms with Crippen LogP contribution in [0, 0.1) is 18.3 Å². The van der Waals surface area contributed by atoms with Crippen LogP contribution in [0.2, 0.25) is 0 Å². The third-order valence-corrected chi connectivity index (χ3v) is 7.02. The molecule has 4 aromatic rings. The molecular formula is C35H33N3O5. The molecule has 8 heteroatoms. The molecule has 0 aliphatic carbocycles. The molecule has 0 saturated carbocycles. The first-order valence-electron chi connectivity index (χ1n) is 13.9. The van der Waals surface area contributed by atoms with Crippen molar-refractivity contribution in [3.05, 3.63) is 143 Å². The van der Waals surface area contributed by atoms with Crippen LogP contribution in [-0.4, -0.2) is 46.5 Å². The highest BCUT2D eigenvalue weighted by atomic mass is 16.5. The highest BCUT2D eigenvalue weighted by Gasteiger charge is 2.38. The molecule has 0 spiro atoms. The Bertz CT molecular complexity index is 1560. The Morgan fingerprint density at radius 3 is 2.02 bits per heavy atom. The standard InChI is InChI=1S/C35H33N3O5/c1-24-10-8-11-25(18-24)20-31(37)33(39)38(30(21-36)23-43-22-26-12-9-17-29(19-26)35(41)42)34(40)32(27-13-4-2-5-14-27)28-15-6-3-7-16-28/h2-19,30-32H,20,22-23,37H2,1H3,(H,41,42)/t30?,31-/m0/s1. The summed E-state index contributed by atoms with van der Waals surface area (Å²) >= 11 is 0. The second kappa shape index (κ2) is 14.7. The van der Waals surface area contributed by atoms with E-state index < -0.39 is 35.8 Å². The van der Waals surface area contributed by atoms with Crippen molar-refractivity contribution in [1.29, 1.82) is 5.26 Å². The van der Waals surface area contributed by atoms with Crippen molar-refractivity contribution >= 4 is 17.8 Å². The summed E-state index contributed by atoms with van der Waals surface area (Å²) in [5.74, 6) is -3.23. The van der Waals surface area contributed by atoms with Crippen LogP contribution in [-0.2, 0) is 27.4 Å². The minimum atomic E-state index is -1.29. The molecule has 4 rings (SSSR count). The Kier molecular flexibility index (Phi) is 10.5. The van der Waals surface area contributed by atoms with Crippen molar-refractivity contribution in [2.45, 2.75) is 38.0 Å². The first kappa shape index (κ1) is 30.8. The maximum Gasteiger partial charge on any atom is 0.335 e. The van der Waals surface area contributed by atoms with Crippen molar-refractivity contribution in [2.24, 2.45) is 5.73 Å². The van der Waals surface area contributed by atoms with Crippen LogP contribution in [0.1, 0.15) is 44.1 Å². The number of carboxylic acid groups (broad SMARTS) is 1. The van der Waals surface area contributed by atoms with Gasteiger partial charge in [0.25, 0.3) is 0 Å². The Labute approximate surface area is 251 Å². The van der Waals surface area contributed by atoms with Crippen molar-refractivity contribution < 1.29 is 24.2 Å². The molecule has 0 saturated heterocycles. The van der Waals surface area contributed by atoms with Crippen molar-refractivity contribution in [3.8, 4) is 6.07 Å². The van der Waals surface area contributed by atoms with Gasteiger partial charge in [-0.2, -0.15) is 5.26 Å². The van der Waals surface area contributed by atoms with Gasteiger partial charge in [0.15, 0.2) is 0 Å². The van der Waals surface area contributed by atoms with Crippen molar-refractivity contribution in [1.82, 2.24) is 4.90 Å². The summed E-state index contributed by atoms with van der Waals surface area (Å²) in [6.45, 7) is 1.62. The number of hydrogen-bond donors (Lipinski definition) is 2. The van der Waals surface area contributed by atoms with Crippen LogP contribution in [0.15, 0.2) is 109 Å². The molecule has 2 amide bonds.